The highest BCUT2D eigenvalue weighted by Gasteiger charge is 2.16. The molecule has 0 unspecified atom stereocenters. The molecule has 5 heteroatoms. The third kappa shape index (κ3) is 4.65. The van der Waals surface area contributed by atoms with Crippen LogP contribution in [0.25, 0.3) is 11.3 Å². The first kappa shape index (κ1) is 15.7. The van der Waals surface area contributed by atoms with Gasteiger partial charge >= 0.3 is 5.97 Å². The van der Waals surface area contributed by atoms with E-state index in [0.717, 1.165) is 22.8 Å². The Bertz CT molecular complexity index is 568. The van der Waals surface area contributed by atoms with E-state index in [1.54, 1.807) is 11.8 Å². The van der Waals surface area contributed by atoms with Crippen molar-refractivity contribution in [1.29, 1.82) is 0 Å². The lowest BCUT2D eigenvalue weighted by Crippen LogP contribution is -2.36. The summed E-state index contributed by atoms with van der Waals surface area (Å²) in [5.41, 5.74) is 1.01. The van der Waals surface area contributed by atoms with E-state index in [4.69, 9.17) is 9.52 Å². The number of thioether (sulfide) groups is 1. The minimum Gasteiger partial charge on any atom is -0.480 e. The minimum absolute atomic E-state index is 0.415. The smallest absolute Gasteiger partial charge is 0.320 e. The molecule has 0 spiro atoms. The second-order valence-corrected chi connectivity index (χ2v) is 5.67. The maximum Gasteiger partial charge on any atom is 0.320 e. The number of hydrogen-bond acceptors (Lipinski definition) is 4. The van der Waals surface area contributed by atoms with E-state index in [-0.39, 0.29) is 0 Å². The zero-order valence-electron chi connectivity index (χ0n) is 11.9. The fraction of sp³-hybridized carbons (Fsp3) is 0.312. The summed E-state index contributed by atoms with van der Waals surface area (Å²) in [6, 6.07) is 13.1. The standard InChI is InChI=1S/C16H19NO3S/c1-21-10-9-14(16(18)19)17-11-13-7-8-15(20-13)12-5-3-2-4-6-12/h2-8,14,17H,9-11H2,1H3,(H,18,19)/t14-/m1/s1. The van der Waals surface area contributed by atoms with Gasteiger partial charge < -0.3 is 9.52 Å². The van der Waals surface area contributed by atoms with Gasteiger partial charge in [-0.25, -0.2) is 0 Å². The Kier molecular flexibility index (Phi) is 5.90. The van der Waals surface area contributed by atoms with Gasteiger partial charge in [0, 0.05) is 5.56 Å². The number of carbonyl (C=O) groups is 1. The lowest BCUT2D eigenvalue weighted by Gasteiger charge is -2.12. The predicted octanol–water partition coefficient (Wildman–Crippen LogP) is 3.24. The first-order valence-corrected chi connectivity index (χ1v) is 8.19. The average Bonchev–Trinajstić information content (AvgIpc) is 2.97. The Morgan fingerprint density at radius 1 is 1.29 bits per heavy atom. The van der Waals surface area contributed by atoms with Crippen molar-refractivity contribution in [2.45, 2.75) is 19.0 Å². The van der Waals surface area contributed by atoms with Gasteiger partial charge in [-0.2, -0.15) is 11.8 Å². The number of carboxylic acid groups (broad SMARTS) is 1. The predicted molar refractivity (Wildman–Crippen MR) is 85.4 cm³/mol. The Morgan fingerprint density at radius 2 is 2.05 bits per heavy atom. The van der Waals surface area contributed by atoms with Gasteiger partial charge in [-0.3, -0.25) is 10.1 Å². The molecule has 0 fully saturated rings. The molecule has 21 heavy (non-hydrogen) atoms. The number of benzene rings is 1. The molecule has 0 aliphatic rings. The van der Waals surface area contributed by atoms with Crippen LogP contribution in [0.1, 0.15) is 12.2 Å². The summed E-state index contributed by atoms with van der Waals surface area (Å²) in [5, 5.41) is 12.2. The maximum atomic E-state index is 11.2. The Labute approximate surface area is 128 Å². The van der Waals surface area contributed by atoms with Crippen LogP contribution in [-0.4, -0.2) is 29.1 Å². The SMILES string of the molecule is CSCC[C@@H](NCc1ccc(-c2ccccc2)o1)C(=O)O. The first-order valence-electron chi connectivity index (χ1n) is 6.80. The van der Waals surface area contributed by atoms with E-state index in [9.17, 15) is 4.79 Å². The number of carboxylic acids is 1. The zero-order valence-corrected chi connectivity index (χ0v) is 12.7. The van der Waals surface area contributed by atoms with Crippen LogP contribution in [0.2, 0.25) is 0 Å². The van der Waals surface area contributed by atoms with Crippen LogP contribution >= 0.6 is 11.8 Å². The van der Waals surface area contributed by atoms with Gasteiger partial charge in [0.15, 0.2) is 0 Å². The van der Waals surface area contributed by atoms with Gasteiger partial charge in [0.05, 0.1) is 6.54 Å². The van der Waals surface area contributed by atoms with E-state index < -0.39 is 12.0 Å². The number of hydrogen-bond donors (Lipinski definition) is 2. The molecule has 1 aromatic heterocycles. The van der Waals surface area contributed by atoms with Crippen LogP contribution < -0.4 is 5.32 Å². The fourth-order valence-electron chi connectivity index (χ4n) is 2.00. The molecule has 2 N–H and O–H groups in total. The quantitative estimate of drug-likeness (QED) is 0.784. The van der Waals surface area contributed by atoms with Crippen molar-refractivity contribution >= 4 is 17.7 Å². The molecule has 0 aliphatic heterocycles. The summed E-state index contributed by atoms with van der Waals surface area (Å²) in [6.07, 6.45) is 2.57. The highest BCUT2D eigenvalue weighted by atomic mass is 32.2. The van der Waals surface area contributed by atoms with E-state index >= 15 is 0 Å². The zero-order chi connectivity index (χ0) is 15.1. The molecule has 0 saturated heterocycles. The normalized spacial score (nSPS) is 12.2. The van der Waals surface area contributed by atoms with Gasteiger partial charge in [-0.05, 0) is 30.6 Å². The van der Waals surface area contributed by atoms with Crippen molar-refractivity contribution in [3.05, 3.63) is 48.2 Å². The highest BCUT2D eigenvalue weighted by Crippen LogP contribution is 2.21. The monoisotopic (exact) mass is 305 g/mol. The van der Waals surface area contributed by atoms with E-state index in [1.807, 2.05) is 48.7 Å². The van der Waals surface area contributed by atoms with Crippen molar-refractivity contribution in [2.75, 3.05) is 12.0 Å². The van der Waals surface area contributed by atoms with Crippen LogP contribution in [-0.2, 0) is 11.3 Å². The Hall–Kier alpha value is -1.72. The number of aliphatic carboxylic acids is 1. The maximum absolute atomic E-state index is 11.2. The van der Waals surface area contributed by atoms with E-state index in [0.29, 0.717) is 13.0 Å². The number of nitrogens with one attached hydrogen (secondary N) is 1. The molecule has 4 nitrogen and oxygen atoms in total. The fourth-order valence-corrected chi connectivity index (χ4v) is 2.47. The molecule has 0 saturated carbocycles. The van der Waals surface area contributed by atoms with E-state index in [2.05, 4.69) is 5.32 Å². The number of rotatable bonds is 8. The molecule has 2 aromatic rings. The molecular weight excluding hydrogens is 286 g/mol. The first-order chi connectivity index (χ1) is 10.2. The Balaban J connectivity index is 1.94. The van der Waals surface area contributed by atoms with Crippen molar-refractivity contribution in [1.82, 2.24) is 5.32 Å². The second kappa shape index (κ2) is 7.90. The molecule has 0 radical (unpaired) electrons. The molecule has 1 atom stereocenters. The van der Waals surface area contributed by atoms with Crippen LogP contribution in [0.4, 0.5) is 0 Å². The third-order valence-electron chi connectivity index (χ3n) is 3.15. The third-order valence-corrected chi connectivity index (χ3v) is 3.80. The van der Waals surface area contributed by atoms with Crippen molar-refractivity contribution < 1.29 is 14.3 Å². The minimum atomic E-state index is -0.820. The highest BCUT2D eigenvalue weighted by molar-refractivity contribution is 7.98. The van der Waals surface area contributed by atoms with Crippen LogP contribution in [0.15, 0.2) is 46.9 Å². The van der Waals surface area contributed by atoms with Gasteiger partial charge in [0.25, 0.3) is 0 Å². The average molecular weight is 305 g/mol. The van der Waals surface area contributed by atoms with E-state index in [1.165, 1.54) is 0 Å². The van der Waals surface area contributed by atoms with Gasteiger partial charge in [-0.1, -0.05) is 30.3 Å². The molecular formula is C16H19NO3S. The summed E-state index contributed by atoms with van der Waals surface area (Å²) >= 11 is 1.64. The summed E-state index contributed by atoms with van der Waals surface area (Å²) < 4.78 is 5.74. The Morgan fingerprint density at radius 3 is 2.71 bits per heavy atom. The molecule has 1 heterocycles. The number of furan rings is 1. The topological polar surface area (TPSA) is 62.5 Å². The lowest BCUT2D eigenvalue weighted by molar-refractivity contribution is -0.139. The van der Waals surface area contributed by atoms with Crippen molar-refractivity contribution in [3.63, 3.8) is 0 Å². The van der Waals surface area contributed by atoms with Crippen LogP contribution in [0.3, 0.4) is 0 Å². The van der Waals surface area contributed by atoms with Crippen LogP contribution in [0, 0.1) is 0 Å². The second-order valence-electron chi connectivity index (χ2n) is 4.69. The summed E-state index contributed by atoms with van der Waals surface area (Å²) in [5.74, 6) is 1.53. The lowest BCUT2D eigenvalue weighted by atomic mass is 10.2. The molecule has 0 aliphatic carbocycles. The van der Waals surface area contributed by atoms with Gasteiger partial charge in [0.2, 0.25) is 0 Å². The van der Waals surface area contributed by atoms with Gasteiger partial charge in [-0.15, -0.1) is 0 Å². The van der Waals surface area contributed by atoms with Crippen molar-refractivity contribution in [3.8, 4) is 11.3 Å². The summed E-state index contributed by atoms with van der Waals surface area (Å²) in [6.45, 7) is 0.415. The molecule has 2 rings (SSSR count). The summed E-state index contributed by atoms with van der Waals surface area (Å²) in [4.78, 5) is 11.2. The molecule has 0 amide bonds. The molecule has 0 bridgehead atoms. The van der Waals surface area contributed by atoms with Gasteiger partial charge in [0.1, 0.15) is 17.6 Å². The van der Waals surface area contributed by atoms with Crippen LogP contribution in [0.5, 0.6) is 0 Å². The van der Waals surface area contributed by atoms with Crippen molar-refractivity contribution in [2.24, 2.45) is 0 Å². The summed E-state index contributed by atoms with van der Waals surface area (Å²) in [7, 11) is 0. The largest absolute Gasteiger partial charge is 0.480 e. The molecule has 112 valence electrons. The molecule has 1 aromatic carbocycles.